The minimum Gasteiger partial charge on any atom is -0.339 e. The molecule has 6 nitrogen and oxygen atoms in total. The monoisotopic (exact) mass is 410 g/mol. The molecule has 2 amide bonds. The Kier molecular flexibility index (Phi) is 6.74. The molecule has 1 fully saturated rings. The van der Waals surface area contributed by atoms with Crippen molar-refractivity contribution in [1.29, 1.82) is 0 Å². The predicted molar refractivity (Wildman–Crippen MR) is 101 cm³/mol. The van der Waals surface area contributed by atoms with Gasteiger partial charge in [0, 0.05) is 29.2 Å². The normalized spacial score (nSPS) is 14.6. The first-order chi connectivity index (χ1) is 11.5. The van der Waals surface area contributed by atoms with Crippen molar-refractivity contribution in [3.05, 3.63) is 41.4 Å². The van der Waals surface area contributed by atoms with E-state index < -0.39 is 0 Å². The Balaban J connectivity index is 1.74. The minimum absolute atomic E-state index is 0.0913. The van der Waals surface area contributed by atoms with Gasteiger partial charge in [0.15, 0.2) is 5.11 Å². The van der Waals surface area contributed by atoms with Gasteiger partial charge in [-0.05, 0) is 49.3 Å². The van der Waals surface area contributed by atoms with E-state index in [0.29, 0.717) is 31.0 Å². The standard InChI is InChI=1S/C16H19BrN4O2S/c1-2-14(22)21-8-6-11(7-9-21)15(23)19-20-16(24)18-13-5-3-4-12(17)10-13/h2-5,10-11H,1,6-9H2,(H,19,23)(H2,18,20,24). The van der Waals surface area contributed by atoms with Crippen molar-refractivity contribution in [3.8, 4) is 0 Å². The van der Waals surface area contributed by atoms with E-state index in [0.717, 1.165) is 10.2 Å². The van der Waals surface area contributed by atoms with Crippen LogP contribution in [0.25, 0.3) is 0 Å². The van der Waals surface area contributed by atoms with Crippen LogP contribution in [-0.2, 0) is 9.59 Å². The number of carbonyl (C=O) groups excluding carboxylic acids is 2. The SMILES string of the molecule is C=CC(=O)N1CCC(C(=O)NNC(=S)Nc2cccc(Br)c2)CC1. The van der Waals surface area contributed by atoms with E-state index in [1.807, 2.05) is 24.3 Å². The molecule has 2 rings (SSSR count). The Morgan fingerprint density at radius 3 is 2.62 bits per heavy atom. The second kappa shape index (κ2) is 8.79. The Labute approximate surface area is 154 Å². The van der Waals surface area contributed by atoms with Crippen LogP contribution in [0.5, 0.6) is 0 Å². The first kappa shape index (κ1) is 18.4. The summed E-state index contributed by atoms with van der Waals surface area (Å²) < 4.78 is 0.931. The van der Waals surface area contributed by atoms with E-state index in [2.05, 4.69) is 38.7 Å². The topological polar surface area (TPSA) is 73.5 Å². The number of anilines is 1. The fraction of sp³-hybridized carbons (Fsp3) is 0.312. The molecular weight excluding hydrogens is 392 g/mol. The van der Waals surface area contributed by atoms with Crippen LogP contribution in [0.2, 0.25) is 0 Å². The summed E-state index contributed by atoms with van der Waals surface area (Å²) in [6.45, 7) is 4.59. The number of nitrogens with zero attached hydrogens (tertiary/aromatic N) is 1. The van der Waals surface area contributed by atoms with Crippen molar-refractivity contribution in [1.82, 2.24) is 15.8 Å². The van der Waals surface area contributed by atoms with Crippen molar-refractivity contribution in [2.75, 3.05) is 18.4 Å². The molecule has 128 valence electrons. The van der Waals surface area contributed by atoms with E-state index in [4.69, 9.17) is 12.2 Å². The van der Waals surface area contributed by atoms with Gasteiger partial charge in [-0.1, -0.05) is 28.6 Å². The van der Waals surface area contributed by atoms with Gasteiger partial charge in [0.05, 0.1) is 0 Å². The van der Waals surface area contributed by atoms with Gasteiger partial charge in [-0.2, -0.15) is 0 Å². The van der Waals surface area contributed by atoms with Crippen LogP contribution in [0.3, 0.4) is 0 Å². The summed E-state index contributed by atoms with van der Waals surface area (Å²) in [6.07, 6.45) is 2.55. The van der Waals surface area contributed by atoms with Crippen LogP contribution in [0.15, 0.2) is 41.4 Å². The predicted octanol–water partition coefficient (Wildman–Crippen LogP) is 2.19. The molecule has 1 saturated heterocycles. The fourth-order valence-electron chi connectivity index (χ4n) is 2.44. The van der Waals surface area contributed by atoms with Crippen molar-refractivity contribution in [2.45, 2.75) is 12.8 Å². The zero-order valence-corrected chi connectivity index (χ0v) is 15.5. The lowest BCUT2D eigenvalue weighted by molar-refractivity contribution is -0.132. The number of piperidine rings is 1. The van der Waals surface area contributed by atoms with E-state index in [9.17, 15) is 9.59 Å². The highest BCUT2D eigenvalue weighted by atomic mass is 79.9. The smallest absolute Gasteiger partial charge is 0.245 e. The number of likely N-dealkylation sites (tertiary alicyclic amines) is 1. The highest BCUT2D eigenvalue weighted by Crippen LogP contribution is 2.17. The second-order valence-electron chi connectivity index (χ2n) is 5.38. The van der Waals surface area contributed by atoms with Crippen molar-refractivity contribution in [2.24, 2.45) is 5.92 Å². The third-order valence-electron chi connectivity index (χ3n) is 3.73. The van der Waals surface area contributed by atoms with Gasteiger partial charge in [-0.15, -0.1) is 0 Å². The molecule has 0 saturated carbocycles. The van der Waals surface area contributed by atoms with Crippen LogP contribution in [0, 0.1) is 5.92 Å². The lowest BCUT2D eigenvalue weighted by atomic mass is 9.96. The van der Waals surface area contributed by atoms with E-state index in [1.54, 1.807) is 4.90 Å². The van der Waals surface area contributed by atoms with Crippen molar-refractivity contribution in [3.63, 3.8) is 0 Å². The summed E-state index contributed by atoms with van der Waals surface area (Å²) in [5.41, 5.74) is 6.13. The maximum Gasteiger partial charge on any atom is 0.245 e. The van der Waals surface area contributed by atoms with Crippen LogP contribution in [-0.4, -0.2) is 34.9 Å². The Morgan fingerprint density at radius 2 is 2.00 bits per heavy atom. The van der Waals surface area contributed by atoms with Crippen LogP contribution in [0.4, 0.5) is 5.69 Å². The second-order valence-corrected chi connectivity index (χ2v) is 6.71. The van der Waals surface area contributed by atoms with Crippen LogP contribution >= 0.6 is 28.1 Å². The Morgan fingerprint density at radius 1 is 1.29 bits per heavy atom. The number of rotatable bonds is 3. The Bertz CT molecular complexity index is 645. The first-order valence-corrected chi connectivity index (χ1v) is 8.73. The quantitative estimate of drug-likeness (QED) is 0.404. The summed E-state index contributed by atoms with van der Waals surface area (Å²) in [4.78, 5) is 25.4. The number of amides is 2. The number of hydrogen-bond donors (Lipinski definition) is 3. The molecule has 0 atom stereocenters. The largest absolute Gasteiger partial charge is 0.339 e. The average Bonchev–Trinajstić information content (AvgIpc) is 2.59. The zero-order valence-electron chi connectivity index (χ0n) is 13.0. The molecule has 1 aromatic rings. The number of halogens is 1. The number of hydrogen-bond acceptors (Lipinski definition) is 3. The molecule has 0 bridgehead atoms. The molecule has 1 aliphatic rings. The molecular formula is C16H19BrN4O2S. The van der Waals surface area contributed by atoms with E-state index in [1.165, 1.54) is 6.08 Å². The third-order valence-corrected chi connectivity index (χ3v) is 4.43. The lowest BCUT2D eigenvalue weighted by Crippen LogP contribution is -2.49. The molecule has 0 aromatic heterocycles. The summed E-state index contributed by atoms with van der Waals surface area (Å²) in [6, 6.07) is 7.54. The number of hydrazine groups is 1. The number of benzene rings is 1. The lowest BCUT2D eigenvalue weighted by Gasteiger charge is -2.30. The van der Waals surface area contributed by atoms with Gasteiger partial charge in [0.2, 0.25) is 11.8 Å². The fourth-order valence-corrected chi connectivity index (χ4v) is 3.01. The van der Waals surface area contributed by atoms with Gasteiger partial charge in [0.25, 0.3) is 0 Å². The number of carbonyl (C=O) groups is 2. The van der Waals surface area contributed by atoms with Gasteiger partial charge in [0.1, 0.15) is 0 Å². The van der Waals surface area contributed by atoms with Crippen molar-refractivity contribution < 1.29 is 9.59 Å². The highest BCUT2D eigenvalue weighted by molar-refractivity contribution is 9.10. The minimum atomic E-state index is -0.139. The molecule has 0 radical (unpaired) electrons. The molecule has 0 spiro atoms. The van der Waals surface area contributed by atoms with Crippen LogP contribution in [0.1, 0.15) is 12.8 Å². The first-order valence-electron chi connectivity index (χ1n) is 7.53. The van der Waals surface area contributed by atoms with E-state index >= 15 is 0 Å². The molecule has 3 N–H and O–H groups in total. The molecule has 1 aromatic carbocycles. The summed E-state index contributed by atoms with van der Waals surface area (Å²) in [5.74, 6) is -0.356. The zero-order chi connectivity index (χ0) is 17.5. The molecule has 1 heterocycles. The van der Waals surface area contributed by atoms with Crippen LogP contribution < -0.4 is 16.2 Å². The maximum absolute atomic E-state index is 12.2. The molecule has 0 unspecified atom stereocenters. The van der Waals surface area contributed by atoms with Gasteiger partial charge in [-0.3, -0.25) is 20.4 Å². The van der Waals surface area contributed by atoms with Crippen molar-refractivity contribution >= 4 is 50.8 Å². The summed E-state index contributed by atoms with van der Waals surface area (Å²) in [7, 11) is 0. The summed E-state index contributed by atoms with van der Waals surface area (Å²) >= 11 is 8.53. The van der Waals surface area contributed by atoms with Gasteiger partial charge >= 0.3 is 0 Å². The average molecular weight is 411 g/mol. The van der Waals surface area contributed by atoms with Gasteiger partial charge in [-0.25, -0.2) is 0 Å². The van der Waals surface area contributed by atoms with Gasteiger partial charge < -0.3 is 10.2 Å². The molecule has 0 aliphatic carbocycles. The van der Waals surface area contributed by atoms with E-state index in [-0.39, 0.29) is 17.7 Å². The maximum atomic E-state index is 12.2. The molecule has 24 heavy (non-hydrogen) atoms. The summed E-state index contributed by atoms with van der Waals surface area (Å²) in [5, 5.41) is 3.29. The third kappa shape index (κ3) is 5.31. The molecule has 1 aliphatic heterocycles. The Hall–Kier alpha value is -1.93. The number of nitrogens with one attached hydrogen (secondary N) is 3. The number of thiocarbonyl (C=S) groups is 1. The highest BCUT2D eigenvalue weighted by Gasteiger charge is 2.26. The molecule has 8 heteroatoms.